The summed E-state index contributed by atoms with van der Waals surface area (Å²) in [7, 11) is -0.378. The van der Waals surface area contributed by atoms with E-state index in [2.05, 4.69) is 107 Å². The molecule has 0 saturated carbocycles. The third-order valence-corrected chi connectivity index (χ3v) is 8.09. The van der Waals surface area contributed by atoms with Gasteiger partial charge in [-0.05, 0) is 96.2 Å². The minimum atomic E-state index is -0.378. The highest BCUT2D eigenvalue weighted by Gasteiger charge is 2.52. The third kappa shape index (κ3) is 3.22. The molecule has 0 bridgehead atoms. The zero-order valence-corrected chi connectivity index (χ0v) is 21.0. The standard InChI is InChI=1S/C32H27BO3/c1-31(2)32(3,4)36-33(35-31)28-10-7-8-23-16-21(14-15-25(23)28)20-12-13-22-18-27-26-9-5-6-11-29(26)34-30(27)19-24(22)17-20/h5-19H,1-4H3. The molecule has 176 valence electrons. The van der Waals surface area contributed by atoms with E-state index in [1.54, 1.807) is 0 Å². The third-order valence-electron chi connectivity index (χ3n) is 8.09. The van der Waals surface area contributed by atoms with Crippen LogP contribution < -0.4 is 5.46 Å². The Morgan fingerprint density at radius 2 is 1.25 bits per heavy atom. The van der Waals surface area contributed by atoms with Crippen molar-refractivity contribution in [1.29, 1.82) is 0 Å². The first-order chi connectivity index (χ1) is 17.3. The molecular weight excluding hydrogens is 443 g/mol. The van der Waals surface area contributed by atoms with Crippen molar-refractivity contribution >= 4 is 56.1 Å². The smallest absolute Gasteiger partial charge is 0.456 e. The average Bonchev–Trinajstić information content (AvgIpc) is 3.33. The molecule has 0 amide bonds. The van der Waals surface area contributed by atoms with Crippen LogP contribution in [-0.4, -0.2) is 18.3 Å². The Balaban J connectivity index is 1.30. The lowest BCUT2D eigenvalue weighted by molar-refractivity contribution is 0.00578. The van der Waals surface area contributed by atoms with E-state index in [4.69, 9.17) is 13.7 Å². The first-order valence-corrected chi connectivity index (χ1v) is 12.5. The van der Waals surface area contributed by atoms with E-state index in [0.717, 1.165) is 32.8 Å². The molecule has 3 nitrogen and oxygen atoms in total. The molecule has 0 N–H and O–H groups in total. The minimum absolute atomic E-state index is 0.365. The van der Waals surface area contributed by atoms with Crippen LogP contribution in [0.1, 0.15) is 27.7 Å². The normalized spacial score (nSPS) is 17.1. The molecule has 0 spiro atoms. The van der Waals surface area contributed by atoms with Gasteiger partial charge in [-0.2, -0.15) is 0 Å². The van der Waals surface area contributed by atoms with Gasteiger partial charge in [0.15, 0.2) is 0 Å². The summed E-state index contributed by atoms with van der Waals surface area (Å²) in [5.41, 5.74) is 4.55. The molecule has 0 unspecified atom stereocenters. The summed E-state index contributed by atoms with van der Waals surface area (Å²) in [5.74, 6) is 0. The lowest BCUT2D eigenvalue weighted by Crippen LogP contribution is -2.41. The lowest BCUT2D eigenvalue weighted by Gasteiger charge is -2.32. The summed E-state index contributed by atoms with van der Waals surface area (Å²) in [5, 5.41) is 7.03. The maximum absolute atomic E-state index is 6.35. The Kier molecular flexibility index (Phi) is 4.49. The Morgan fingerprint density at radius 3 is 2.06 bits per heavy atom. The highest BCUT2D eigenvalue weighted by Crippen LogP contribution is 2.38. The second-order valence-corrected chi connectivity index (χ2v) is 10.9. The van der Waals surface area contributed by atoms with Crippen LogP contribution in [0.25, 0.3) is 54.6 Å². The highest BCUT2D eigenvalue weighted by molar-refractivity contribution is 6.65. The molecule has 0 aliphatic carbocycles. The first-order valence-electron chi connectivity index (χ1n) is 12.5. The van der Waals surface area contributed by atoms with Crippen molar-refractivity contribution < 1.29 is 13.7 Å². The molecule has 5 aromatic carbocycles. The molecule has 0 radical (unpaired) electrons. The van der Waals surface area contributed by atoms with Crippen LogP contribution in [0.5, 0.6) is 0 Å². The van der Waals surface area contributed by atoms with Crippen LogP contribution in [0.15, 0.2) is 95.4 Å². The number of para-hydroxylation sites is 1. The van der Waals surface area contributed by atoms with Crippen molar-refractivity contribution in [2.75, 3.05) is 0 Å². The van der Waals surface area contributed by atoms with E-state index in [1.807, 2.05) is 12.1 Å². The van der Waals surface area contributed by atoms with Crippen molar-refractivity contribution in [3.63, 3.8) is 0 Å². The summed E-state index contributed by atoms with van der Waals surface area (Å²) in [6, 6.07) is 32.3. The van der Waals surface area contributed by atoms with Crippen molar-refractivity contribution in [1.82, 2.24) is 0 Å². The largest absolute Gasteiger partial charge is 0.495 e. The number of hydrogen-bond acceptors (Lipinski definition) is 3. The van der Waals surface area contributed by atoms with Gasteiger partial charge in [-0.1, -0.05) is 60.7 Å². The van der Waals surface area contributed by atoms with Crippen molar-refractivity contribution in [3.8, 4) is 11.1 Å². The topological polar surface area (TPSA) is 31.6 Å². The van der Waals surface area contributed by atoms with Gasteiger partial charge in [-0.3, -0.25) is 0 Å². The first kappa shape index (κ1) is 21.7. The monoisotopic (exact) mass is 470 g/mol. The fraction of sp³-hybridized carbons (Fsp3) is 0.188. The lowest BCUT2D eigenvalue weighted by atomic mass is 9.76. The van der Waals surface area contributed by atoms with E-state index < -0.39 is 0 Å². The Bertz CT molecular complexity index is 1800. The van der Waals surface area contributed by atoms with Gasteiger partial charge in [0.05, 0.1) is 11.2 Å². The molecule has 4 heteroatoms. The van der Waals surface area contributed by atoms with Crippen molar-refractivity contribution in [2.24, 2.45) is 0 Å². The fourth-order valence-corrected chi connectivity index (χ4v) is 5.31. The number of hydrogen-bond donors (Lipinski definition) is 0. The van der Waals surface area contributed by atoms with Crippen molar-refractivity contribution in [3.05, 3.63) is 91.0 Å². The molecule has 1 saturated heterocycles. The molecule has 1 aliphatic rings. The van der Waals surface area contributed by atoms with E-state index in [-0.39, 0.29) is 18.3 Å². The Morgan fingerprint density at radius 1 is 0.528 bits per heavy atom. The average molecular weight is 470 g/mol. The summed E-state index contributed by atoms with van der Waals surface area (Å²) < 4.78 is 18.8. The summed E-state index contributed by atoms with van der Waals surface area (Å²) in [6.45, 7) is 8.37. The predicted octanol–water partition coefficient (Wildman–Crippen LogP) is 7.86. The van der Waals surface area contributed by atoms with Gasteiger partial charge in [-0.25, -0.2) is 0 Å². The molecule has 0 atom stereocenters. The maximum Gasteiger partial charge on any atom is 0.495 e. The van der Waals surface area contributed by atoms with Crippen molar-refractivity contribution in [2.45, 2.75) is 38.9 Å². The molecule has 6 aromatic rings. The zero-order valence-electron chi connectivity index (χ0n) is 21.0. The Labute approximate surface area is 210 Å². The van der Waals surface area contributed by atoms with E-state index in [0.29, 0.717) is 0 Å². The minimum Gasteiger partial charge on any atom is -0.456 e. The highest BCUT2D eigenvalue weighted by atomic mass is 16.7. The number of rotatable bonds is 2. The Hall–Kier alpha value is -3.60. The van der Waals surface area contributed by atoms with Gasteiger partial charge in [0.25, 0.3) is 0 Å². The summed E-state index contributed by atoms with van der Waals surface area (Å²) in [6.07, 6.45) is 0. The van der Waals surface area contributed by atoms with Gasteiger partial charge in [0.1, 0.15) is 11.2 Å². The van der Waals surface area contributed by atoms with Crippen LogP contribution in [-0.2, 0) is 9.31 Å². The summed E-state index contributed by atoms with van der Waals surface area (Å²) >= 11 is 0. The molecule has 1 fully saturated rings. The van der Waals surface area contributed by atoms with Gasteiger partial charge in [0.2, 0.25) is 0 Å². The SMILES string of the molecule is CC1(C)OB(c2cccc3cc(-c4ccc5cc6c(cc5c4)oc4ccccc46)ccc23)OC1(C)C. The second-order valence-electron chi connectivity index (χ2n) is 10.9. The van der Waals surface area contributed by atoms with Crippen LogP contribution in [0.4, 0.5) is 0 Å². The van der Waals surface area contributed by atoms with E-state index in [9.17, 15) is 0 Å². The number of fused-ring (bicyclic) bond motifs is 5. The van der Waals surface area contributed by atoms with Crippen LogP contribution in [0, 0.1) is 0 Å². The molecule has 1 aromatic heterocycles. The quantitative estimate of drug-likeness (QED) is 0.242. The zero-order chi connectivity index (χ0) is 24.7. The molecular formula is C32H27BO3. The number of benzene rings is 5. The summed E-state index contributed by atoms with van der Waals surface area (Å²) in [4.78, 5) is 0. The van der Waals surface area contributed by atoms with Crippen LogP contribution in [0.3, 0.4) is 0 Å². The molecule has 2 heterocycles. The van der Waals surface area contributed by atoms with Gasteiger partial charge in [0, 0.05) is 10.8 Å². The van der Waals surface area contributed by atoms with E-state index in [1.165, 1.54) is 27.3 Å². The maximum atomic E-state index is 6.35. The molecule has 7 rings (SSSR count). The second kappa shape index (κ2) is 7.46. The fourth-order valence-electron chi connectivity index (χ4n) is 5.31. The van der Waals surface area contributed by atoms with E-state index >= 15 is 0 Å². The molecule has 36 heavy (non-hydrogen) atoms. The van der Waals surface area contributed by atoms with Gasteiger partial charge in [-0.15, -0.1) is 0 Å². The number of furan rings is 1. The van der Waals surface area contributed by atoms with Gasteiger partial charge < -0.3 is 13.7 Å². The van der Waals surface area contributed by atoms with Gasteiger partial charge >= 0.3 is 7.12 Å². The van der Waals surface area contributed by atoms with Crippen LogP contribution >= 0.6 is 0 Å². The predicted molar refractivity (Wildman–Crippen MR) is 150 cm³/mol. The van der Waals surface area contributed by atoms with Crippen LogP contribution in [0.2, 0.25) is 0 Å². The molecule has 1 aliphatic heterocycles.